The molecule has 1 rings (SSSR count). The average Bonchev–Trinajstić information content (AvgIpc) is 2.37. The molecule has 1 atom stereocenters. The van der Waals surface area contributed by atoms with Crippen LogP contribution in [0.1, 0.15) is 37.9 Å². The van der Waals surface area contributed by atoms with E-state index in [-0.39, 0.29) is 18.8 Å². The minimum Gasteiger partial charge on any atom is -0.486 e. The Morgan fingerprint density at radius 3 is 3.00 bits per heavy atom. The number of ketones is 1. The SMILES string of the molecule is CCCC(=O)COc1cccc(C(O)CC#N)c1. The Morgan fingerprint density at radius 2 is 2.33 bits per heavy atom. The molecule has 96 valence electrons. The van der Waals surface area contributed by atoms with Crippen molar-refractivity contribution in [2.24, 2.45) is 0 Å². The number of nitrogens with zero attached hydrogens (tertiary/aromatic N) is 1. The van der Waals surface area contributed by atoms with Crippen molar-refractivity contribution in [1.29, 1.82) is 5.26 Å². The summed E-state index contributed by atoms with van der Waals surface area (Å²) >= 11 is 0. The molecule has 0 heterocycles. The minimum absolute atomic E-state index is 0.0399. The van der Waals surface area contributed by atoms with Crippen molar-refractivity contribution in [3.05, 3.63) is 29.8 Å². The number of Topliss-reactive ketones (excluding diaryl/α,β-unsaturated/α-hetero) is 1. The van der Waals surface area contributed by atoms with Crippen LogP contribution in [0.4, 0.5) is 0 Å². The zero-order valence-electron chi connectivity index (χ0n) is 10.4. The van der Waals surface area contributed by atoms with Crippen LogP contribution in [-0.2, 0) is 4.79 Å². The molecule has 0 aliphatic carbocycles. The van der Waals surface area contributed by atoms with Crippen molar-refractivity contribution in [2.45, 2.75) is 32.3 Å². The van der Waals surface area contributed by atoms with Gasteiger partial charge in [0.15, 0.2) is 5.78 Å². The highest BCUT2D eigenvalue weighted by atomic mass is 16.5. The highest BCUT2D eigenvalue weighted by Crippen LogP contribution is 2.21. The fourth-order valence-electron chi connectivity index (χ4n) is 1.53. The van der Waals surface area contributed by atoms with Gasteiger partial charge >= 0.3 is 0 Å². The van der Waals surface area contributed by atoms with Crippen LogP contribution < -0.4 is 4.74 Å². The van der Waals surface area contributed by atoms with Gasteiger partial charge in [0, 0.05) is 6.42 Å². The van der Waals surface area contributed by atoms with Crippen molar-refractivity contribution >= 4 is 5.78 Å². The summed E-state index contributed by atoms with van der Waals surface area (Å²) in [5.74, 6) is 0.592. The molecule has 0 saturated heterocycles. The van der Waals surface area contributed by atoms with Gasteiger partial charge in [-0.3, -0.25) is 4.79 Å². The maximum Gasteiger partial charge on any atom is 0.170 e. The van der Waals surface area contributed by atoms with E-state index >= 15 is 0 Å². The molecule has 0 bridgehead atoms. The van der Waals surface area contributed by atoms with Crippen molar-refractivity contribution < 1.29 is 14.6 Å². The van der Waals surface area contributed by atoms with Crippen LogP contribution in [0.2, 0.25) is 0 Å². The number of hydrogen-bond donors (Lipinski definition) is 1. The molecule has 4 nitrogen and oxygen atoms in total. The summed E-state index contributed by atoms with van der Waals surface area (Å²) in [7, 11) is 0. The largest absolute Gasteiger partial charge is 0.486 e. The first-order valence-corrected chi connectivity index (χ1v) is 5.96. The Labute approximate surface area is 107 Å². The summed E-state index contributed by atoms with van der Waals surface area (Å²) < 4.78 is 5.35. The Bertz CT molecular complexity index is 437. The van der Waals surface area contributed by atoms with Crippen molar-refractivity contribution in [2.75, 3.05) is 6.61 Å². The number of hydrogen-bond acceptors (Lipinski definition) is 4. The zero-order chi connectivity index (χ0) is 13.4. The molecule has 0 amide bonds. The predicted molar refractivity (Wildman–Crippen MR) is 67.0 cm³/mol. The molecule has 0 spiro atoms. The first-order chi connectivity index (χ1) is 8.67. The van der Waals surface area contributed by atoms with Crippen LogP contribution in [0.15, 0.2) is 24.3 Å². The number of nitriles is 1. The predicted octanol–water partition coefficient (Wildman–Crippen LogP) is 2.38. The maximum absolute atomic E-state index is 11.3. The van der Waals surface area contributed by atoms with Crippen LogP contribution in [0.5, 0.6) is 5.75 Å². The van der Waals surface area contributed by atoms with Gasteiger partial charge < -0.3 is 9.84 Å². The molecule has 18 heavy (non-hydrogen) atoms. The van der Waals surface area contributed by atoms with Gasteiger partial charge in [-0.05, 0) is 24.1 Å². The van der Waals surface area contributed by atoms with Gasteiger partial charge in [0.2, 0.25) is 0 Å². The molecule has 0 aliphatic rings. The molecule has 4 heteroatoms. The number of aliphatic hydroxyl groups is 1. The lowest BCUT2D eigenvalue weighted by Gasteiger charge is -2.10. The molecule has 0 aliphatic heterocycles. The maximum atomic E-state index is 11.3. The van der Waals surface area contributed by atoms with E-state index in [1.807, 2.05) is 13.0 Å². The lowest BCUT2D eigenvalue weighted by Crippen LogP contribution is -2.10. The first-order valence-electron chi connectivity index (χ1n) is 5.96. The lowest BCUT2D eigenvalue weighted by atomic mass is 10.1. The van der Waals surface area contributed by atoms with E-state index in [1.165, 1.54) is 0 Å². The second-order valence-corrected chi connectivity index (χ2v) is 4.03. The van der Waals surface area contributed by atoms with Crippen LogP contribution in [-0.4, -0.2) is 17.5 Å². The molecule has 0 fully saturated rings. The summed E-state index contributed by atoms with van der Waals surface area (Å²) in [6.07, 6.45) is 0.544. The van der Waals surface area contributed by atoms with Crippen LogP contribution in [0.3, 0.4) is 0 Å². The fourth-order valence-corrected chi connectivity index (χ4v) is 1.53. The van der Waals surface area contributed by atoms with E-state index in [9.17, 15) is 9.90 Å². The van der Waals surface area contributed by atoms with E-state index in [0.29, 0.717) is 17.7 Å². The van der Waals surface area contributed by atoms with Gasteiger partial charge in [0.25, 0.3) is 0 Å². The second kappa shape index (κ2) is 7.46. The van der Waals surface area contributed by atoms with Crippen molar-refractivity contribution in [3.63, 3.8) is 0 Å². The number of carbonyl (C=O) groups excluding carboxylic acids is 1. The lowest BCUT2D eigenvalue weighted by molar-refractivity contribution is -0.121. The van der Waals surface area contributed by atoms with Gasteiger partial charge in [-0.15, -0.1) is 0 Å². The monoisotopic (exact) mass is 247 g/mol. The number of ether oxygens (including phenoxy) is 1. The van der Waals surface area contributed by atoms with E-state index in [4.69, 9.17) is 10.00 Å². The normalized spacial score (nSPS) is 11.6. The third-order valence-corrected chi connectivity index (χ3v) is 2.46. The van der Waals surface area contributed by atoms with Gasteiger partial charge in [0.1, 0.15) is 12.4 Å². The highest BCUT2D eigenvalue weighted by molar-refractivity contribution is 5.79. The van der Waals surface area contributed by atoms with E-state index in [0.717, 1.165) is 6.42 Å². The molecular formula is C14H17NO3. The Hall–Kier alpha value is -1.86. The van der Waals surface area contributed by atoms with Gasteiger partial charge in [-0.2, -0.15) is 5.26 Å². The third kappa shape index (κ3) is 4.56. The average molecular weight is 247 g/mol. The summed E-state index contributed by atoms with van der Waals surface area (Å²) in [5, 5.41) is 18.2. The first kappa shape index (κ1) is 14.2. The Kier molecular flexibility index (Phi) is 5.89. The molecule has 0 saturated carbocycles. The van der Waals surface area contributed by atoms with Crippen LogP contribution in [0.25, 0.3) is 0 Å². The van der Waals surface area contributed by atoms with E-state index in [2.05, 4.69) is 0 Å². The summed E-state index contributed by atoms with van der Waals surface area (Å²) in [4.78, 5) is 11.3. The zero-order valence-corrected chi connectivity index (χ0v) is 10.4. The fraction of sp³-hybridized carbons (Fsp3) is 0.429. The molecule has 1 N–H and O–H groups in total. The Balaban J connectivity index is 2.60. The van der Waals surface area contributed by atoms with Crippen molar-refractivity contribution in [3.8, 4) is 11.8 Å². The highest BCUT2D eigenvalue weighted by Gasteiger charge is 2.08. The van der Waals surface area contributed by atoms with Crippen molar-refractivity contribution in [1.82, 2.24) is 0 Å². The van der Waals surface area contributed by atoms with Gasteiger partial charge in [-0.1, -0.05) is 19.1 Å². The summed E-state index contributed by atoms with van der Waals surface area (Å²) in [6.45, 7) is 1.99. The number of rotatable bonds is 7. The van der Waals surface area contributed by atoms with E-state index < -0.39 is 6.10 Å². The van der Waals surface area contributed by atoms with E-state index in [1.54, 1.807) is 24.3 Å². The minimum atomic E-state index is -0.815. The molecule has 1 aromatic rings. The Morgan fingerprint density at radius 1 is 1.56 bits per heavy atom. The summed E-state index contributed by atoms with van der Waals surface area (Å²) in [6, 6.07) is 8.74. The molecular weight excluding hydrogens is 230 g/mol. The topological polar surface area (TPSA) is 70.3 Å². The quantitative estimate of drug-likeness (QED) is 0.803. The molecule has 1 aromatic carbocycles. The molecule has 1 unspecified atom stereocenters. The van der Waals surface area contributed by atoms with Gasteiger partial charge in [0.05, 0.1) is 18.6 Å². The smallest absolute Gasteiger partial charge is 0.170 e. The third-order valence-electron chi connectivity index (χ3n) is 2.46. The second-order valence-electron chi connectivity index (χ2n) is 4.03. The van der Waals surface area contributed by atoms with Gasteiger partial charge in [-0.25, -0.2) is 0 Å². The standard InChI is InChI=1S/C14H17NO3/c1-2-4-12(16)10-18-13-6-3-5-11(9-13)14(17)7-8-15/h3,5-6,9,14,17H,2,4,7,10H2,1H3. The molecule has 0 aromatic heterocycles. The molecule has 0 radical (unpaired) electrons. The summed E-state index contributed by atoms with van der Waals surface area (Å²) in [5.41, 5.74) is 0.622. The number of carbonyl (C=O) groups is 1. The van der Waals surface area contributed by atoms with Crippen LogP contribution >= 0.6 is 0 Å². The number of aliphatic hydroxyl groups excluding tert-OH is 1. The van der Waals surface area contributed by atoms with Crippen LogP contribution in [0, 0.1) is 11.3 Å². The number of benzene rings is 1.